The van der Waals surface area contributed by atoms with Crippen molar-refractivity contribution in [3.05, 3.63) is 81.0 Å². The SMILES string of the molecule is CCCc1cc(=O)c2cc(Cl)ccc2nc1SC(C(=O)N1CC[C@H](C(C)=O)C1)c1ccccc1. The number of aryl methyl sites for hydroxylation is 1. The molecule has 1 saturated heterocycles. The quantitative estimate of drug-likeness (QED) is 0.407. The molecule has 176 valence electrons. The van der Waals surface area contributed by atoms with Crippen molar-refractivity contribution in [3.63, 3.8) is 0 Å². The Labute approximate surface area is 208 Å². The van der Waals surface area contributed by atoms with E-state index in [1.165, 1.54) is 11.8 Å². The Balaban J connectivity index is 1.79. The molecule has 2 heterocycles. The van der Waals surface area contributed by atoms with Gasteiger partial charge in [-0.05, 0) is 55.2 Å². The van der Waals surface area contributed by atoms with Gasteiger partial charge in [0.25, 0.3) is 0 Å². The first-order chi connectivity index (χ1) is 16.4. The number of thioether (sulfide) groups is 1. The molecule has 2 atom stereocenters. The molecule has 34 heavy (non-hydrogen) atoms. The van der Waals surface area contributed by atoms with E-state index in [9.17, 15) is 14.4 Å². The van der Waals surface area contributed by atoms with Crippen molar-refractivity contribution in [2.45, 2.75) is 43.4 Å². The van der Waals surface area contributed by atoms with Crippen LogP contribution in [-0.2, 0) is 16.0 Å². The van der Waals surface area contributed by atoms with Crippen molar-refractivity contribution in [2.24, 2.45) is 5.92 Å². The van der Waals surface area contributed by atoms with E-state index in [1.807, 2.05) is 30.3 Å². The molecule has 0 saturated carbocycles. The van der Waals surface area contributed by atoms with Crippen LogP contribution in [0, 0.1) is 5.92 Å². The fourth-order valence-corrected chi connectivity index (χ4v) is 5.69. The fourth-order valence-electron chi connectivity index (χ4n) is 4.29. The number of benzene rings is 2. The molecule has 0 spiro atoms. The molecular formula is C27H27ClN2O3S. The highest BCUT2D eigenvalue weighted by atomic mass is 35.5. The van der Waals surface area contributed by atoms with E-state index in [2.05, 4.69) is 6.92 Å². The highest BCUT2D eigenvalue weighted by Gasteiger charge is 2.34. The summed E-state index contributed by atoms with van der Waals surface area (Å²) in [5.41, 5.74) is 2.11. The highest BCUT2D eigenvalue weighted by molar-refractivity contribution is 8.00. The molecule has 1 unspecified atom stereocenters. The number of carbonyl (C=O) groups excluding carboxylic acids is 2. The van der Waals surface area contributed by atoms with Crippen molar-refractivity contribution in [1.82, 2.24) is 9.88 Å². The van der Waals surface area contributed by atoms with Crippen LogP contribution in [0.3, 0.4) is 0 Å². The summed E-state index contributed by atoms with van der Waals surface area (Å²) >= 11 is 7.52. The van der Waals surface area contributed by atoms with Crippen LogP contribution in [0.15, 0.2) is 64.4 Å². The summed E-state index contributed by atoms with van der Waals surface area (Å²) in [7, 11) is 0. The third-order valence-corrected chi connectivity index (χ3v) is 7.70. The summed E-state index contributed by atoms with van der Waals surface area (Å²) in [6.07, 6.45) is 2.20. The lowest BCUT2D eigenvalue weighted by atomic mass is 10.1. The van der Waals surface area contributed by atoms with E-state index >= 15 is 0 Å². The van der Waals surface area contributed by atoms with E-state index in [0.29, 0.717) is 46.9 Å². The lowest BCUT2D eigenvalue weighted by Crippen LogP contribution is -2.33. The van der Waals surface area contributed by atoms with Crippen LogP contribution in [0.5, 0.6) is 0 Å². The standard InChI is InChI=1S/C27H27ClN2O3S/c1-3-7-19-14-24(32)22-15-21(28)10-11-23(22)29-26(19)34-25(18-8-5-4-6-9-18)27(33)30-13-12-20(16-30)17(2)31/h4-6,8-11,14-15,20,25H,3,7,12-13,16H2,1-2H3/t20-,25?/m0/s1. The number of carbonyl (C=O) groups is 2. The number of fused-ring (bicyclic) bond motifs is 1. The van der Waals surface area contributed by atoms with E-state index in [1.54, 1.807) is 36.1 Å². The maximum Gasteiger partial charge on any atom is 0.240 e. The minimum Gasteiger partial charge on any atom is -0.341 e. The van der Waals surface area contributed by atoms with Crippen LogP contribution in [-0.4, -0.2) is 34.7 Å². The number of amides is 1. The lowest BCUT2D eigenvalue weighted by Gasteiger charge is -2.23. The zero-order valence-electron chi connectivity index (χ0n) is 19.3. The van der Waals surface area contributed by atoms with Gasteiger partial charge in [0.05, 0.1) is 5.52 Å². The number of aromatic nitrogens is 1. The summed E-state index contributed by atoms with van der Waals surface area (Å²) < 4.78 is 0. The van der Waals surface area contributed by atoms with Gasteiger partial charge in [0.15, 0.2) is 5.43 Å². The second kappa shape index (κ2) is 10.7. The molecule has 1 aliphatic rings. The highest BCUT2D eigenvalue weighted by Crippen LogP contribution is 2.39. The average Bonchev–Trinajstić information content (AvgIpc) is 3.29. The number of likely N-dealkylation sites (tertiary alicyclic amines) is 1. The van der Waals surface area contributed by atoms with E-state index < -0.39 is 5.25 Å². The van der Waals surface area contributed by atoms with Gasteiger partial charge >= 0.3 is 0 Å². The van der Waals surface area contributed by atoms with Gasteiger partial charge in [-0.25, -0.2) is 4.98 Å². The van der Waals surface area contributed by atoms with Gasteiger partial charge in [0, 0.05) is 29.4 Å². The molecule has 1 amide bonds. The Morgan fingerprint density at radius 2 is 1.94 bits per heavy atom. The number of halogens is 1. The number of hydrogen-bond donors (Lipinski definition) is 0. The minimum atomic E-state index is -0.533. The second-order valence-electron chi connectivity index (χ2n) is 8.65. The second-order valence-corrected chi connectivity index (χ2v) is 10.2. The third kappa shape index (κ3) is 5.34. The van der Waals surface area contributed by atoms with E-state index in [4.69, 9.17) is 16.6 Å². The summed E-state index contributed by atoms with van der Waals surface area (Å²) in [6.45, 7) is 4.65. The van der Waals surface area contributed by atoms with Crippen LogP contribution < -0.4 is 5.43 Å². The summed E-state index contributed by atoms with van der Waals surface area (Å²) in [6, 6.07) is 16.4. The maximum atomic E-state index is 13.7. The fraction of sp³-hybridized carbons (Fsp3) is 0.333. The van der Waals surface area contributed by atoms with E-state index in [0.717, 1.165) is 17.5 Å². The van der Waals surface area contributed by atoms with Crippen LogP contribution >= 0.6 is 23.4 Å². The predicted molar refractivity (Wildman–Crippen MR) is 137 cm³/mol. The first kappa shape index (κ1) is 24.4. The van der Waals surface area contributed by atoms with E-state index in [-0.39, 0.29) is 23.0 Å². The Morgan fingerprint density at radius 3 is 2.62 bits per heavy atom. The molecule has 0 radical (unpaired) electrons. The molecule has 1 fully saturated rings. The molecule has 1 aliphatic heterocycles. The zero-order chi connectivity index (χ0) is 24.2. The third-order valence-electron chi connectivity index (χ3n) is 6.18. The van der Waals surface area contributed by atoms with Crippen molar-refractivity contribution in [2.75, 3.05) is 13.1 Å². The molecule has 5 nitrogen and oxygen atoms in total. The average molecular weight is 495 g/mol. The van der Waals surface area contributed by atoms with Gasteiger partial charge < -0.3 is 4.90 Å². The minimum absolute atomic E-state index is 0.0367. The Morgan fingerprint density at radius 1 is 1.18 bits per heavy atom. The van der Waals surface area contributed by atoms with Gasteiger partial charge in [-0.3, -0.25) is 14.4 Å². The first-order valence-corrected chi connectivity index (χ1v) is 12.8. The number of Topliss-reactive ketones (excluding diaryl/α,β-unsaturated/α-hetero) is 1. The molecular weight excluding hydrogens is 468 g/mol. The number of rotatable bonds is 7. The van der Waals surface area contributed by atoms with Crippen molar-refractivity contribution < 1.29 is 9.59 Å². The zero-order valence-corrected chi connectivity index (χ0v) is 20.9. The Bertz CT molecular complexity index is 1280. The van der Waals surface area contributed by atoms with Crippen LogP contribution in [0.1, 0.15) is 43.1 Å². The summed E-state index contributed by atoms with van der Waals surface area (Å²) in [4.78, 5) is 45.2. The first-order valence-electron chi connectivity index (χ1n) is 11.5. The van der Waals surface area contributed by atoms with Gasteiger partial charge in [-0.2, -0.15) is 0 Å². The number of nitrogens with zero attached hydrogens (tertiary/aromatic N) is 2. The van der Waals surface area contributed by atoms with Crippen LogP contribution in [0.2, 0.25) is 5.02 Å². The Hall–Kier alpha value is -2.70. The Kier molecular flexibility index (Phi) is 7.69. The monoisotopic (exact) mass is 494 g/mol. The topological polar surface area (TPSA) is 67.3 Å². The molecule has 3 aromatic rings. The normalized spacial score (nSPS) is 16.6. The molecule has 0 bridgehead atoms. The largest absolute Gasteiger partial charge is 0.341 e. The lowest BCUT2D eigenvalue weighted by molar-refractivity contribution is -0.130. The molecule has 2 aromatic carbocycles. The summed E-state index contributed by atoms with van der Waals surface area (Å²) in [5.74, 6) is -0.0231. The summed E-state index contributed by atoms with van der Waals surface area (Å²) in [5, 5.41) is 1.08. The number of ketones is 1. The molecule has 4 rings (SSSR count). The van der Waals surface area contributed by atoms with Crippen molar-refractivity contribution in [3.8, 4) is 0 Å². The van der Waals surface area contributed by atoms with Crippen LogP contribution in [0.25, 0.3) is 10.9 Å². The maximum absolute atomic E-state index is 13.7. The smallest absolute Gasteiger partial charge is 0.240 e. The molecule has 0 aliphatic carbocycles. The van der Waals surface area contributed by atoms with Gasteiger partial charge in [-0.15, -0.1) is 0 Å². The van der Waals surface area contributed by atoms with Gasteiger partial charge in [0.2, 0.25) is 5.91 Å². The van der Waals surface area contributed by atoms with Crippen LogP contribution in [0.4, 0.5) is 0 Å². The molecule has 0 N–H and O–H groups in total. The number of hydrogen-bond acceptors (Lipinski definition) is 5. The molecule has 7 heteroatoms. The van der Waals surface area contributed by atoms with Gasteiger partial charge in [-0.1, -0.05) is 67.0 Å². The van der Waals surface area contributed by atoms with Crippen molar-refractivity contribution >= 4 is 46.0 Å². The van der Waals surface area contributed by atoms with Gasteiger partial charge in [0.1, 0.15) is 16.1 Å². The predicted octanol–water partition coefficient (Wildman–Crippen LogP) is 5.47. The van der Waals surface area contributed by atoms with Crippen molar-refractivity contribution in [1.29, 1.82) is 0 Å². The molecule has 1 aromatic heterocycles.